The van der Waals surface area contributed by atoms with Crippen molar-refractivity contribution in [1.29, 1.82) is 0 Å². The maximum Gasteiger partial charge on any atom is 0.325 e. The quantitative estimate of drug-likeness (QED) is 0.816. The second-order valence-corrected chi connectivity index (χ2v) is 5.17. The molecule has 1 aromatic carbocycles. The van der Waals surface area contributed by atoms with E-state index in [1.165, 1.54) is 18.2 Å². The van der Waals surface area contributed by atoms with Crippen molar-refractivity contribution in [3.05, 3.63) is 35.6 Å². The van der Waals surface area contributed by atoms with E-state index < -0.39 is 23.5 Å². The number of imide groups is 1. The van der Waals surface area contributed by atoms with Crippen LogP contribution in [0.4, 0.5) is 9.18 Å². The number of nitrogens with one attached hydrogen (secondary N) is 1. The Balaban J connectivity index is 2.18. The molecule has 1 aromatic rings. The summed E-state index contributed by atoms with van der Waals surface area (Å²) in [6.45, 7) is 3.38. The Morgan fingerprint density at radius 2 is 1.90 bits per heavy atom. The number of urea groups is 1. The highest BCUT2D eigenvalue weighted by Crippen LogP contribution is 2.27. The van der Waals surface area contributed by atoms with E-state index in [0.717, 1.165) is 4.90 Å². The molecular weight excluding hydrogens is 275 g/mol. The second-order valence-electron chi connectivity index (χ2n) is 5.17. The van der Waals surface area contributed by atoms with E-state index in [4.69, 9.17) is 0 Å². The van der Waals surface area contributed by atoms with Crippen molar-refractivity contribution in [3.63, 3.8) is 0 Å². The molecule has 1 unspecified atom stereocenters. The maximum absolute atomic E-state index is 13.6. The van der Waals surface area contributed by atoms with Crippen LogP contribution in [0.25, 0.3) is 0 Å². The fourth-order valence-corrected chi connectivity index (χ4v) is 2.59. The Morgan fingerprint density at radius 3 is 2.43 bits per heavy atom. The molecule has 1 aliphatic heterocycles. The number of hydrogen-bond donors (Lipinski definition) is 2. The average molecular weight is 294 g/mol. The highest BCUT2D eigenvalue weighted by molar-refractivity contribution is 6.07. The van der Waals surface area contributed by atoms with E-state index in [1.54, 1.807) is 6.07 Å². The van der Waals surface area contributed by atoms with E-state index >= 15 is 0 Å². The van der Waals surface area contributed by atoms with Crippen molar-refractivity contribution >= 4 is 11.9 Å². The smallest absolute Gasteiger partial charge is 0.325 e. The third-order valence-electron chi connectivity index (χ3n) is 4.07. The Labute approximate surface area is 122 Å². The molecule has 0 aliphatic carbocycles. The first kappa shape index (κ1) is 15.4. The van der Waals surface area contributed by atoms with Crippen LogP contribution in [0.1, 0.15) is 38.4 Å². The van der Waals surface area contributed by atoms with Crippen LogP contribution in [0.15, 0.2) is 24.3 Å². The summed E-state index contributed by atoms with van der Waals surface area (Å²) < 4.78 is 13.6. The molecule has 114 valence electrons. The fourth-order valence-electron chi connectivity index (χ4n) is 2.59. The zero-order chi connectivity index (χ0) is 15.6. The Hall–Kier alpha value is -1.95. The predicted molar refractivity (Wildman–Crippen MR) is 74.9 cm³/mol. The van der Waals surface area contributed by atoms with Gasteiger partial charge in [-0.15, -0.1) is 0 Å². The highest BCUT2D eigenvalue weighted by Gasteiger charge is 2.49. The lowest BCUT2D eigenvalue weighted by molar-refractivity contribution is -0.132. The van der Waals surface area contributed by atoms with Crippen LogP contribution in [0, 0.1) is 5.82 Å². The number of nitrogens with zero attached hydrogens (tertiary/aromatic N) is 1. The van der Waals surface area contributed by atoms with E-state index in [0.29, 0.717) is 12.8 Å². The monoisotopic (exact) mass is 294 g/mol. The minimum absolute atomic E-state index is 0.0728. The first-order valence-electron chi connectivity index (χ1n) is 7.01. The van der Waals surface area contributed by atoms with Crippen LogP contribution >= 0.6 is 0 Å². The first-order valence-corrected chi connectivity index (χ1v) is 7.01. The van der Waals surface area contributed by atoms with Gasteiger partial charge in [-0.25, -0.2) is 9.18 Å². The van der Waals surface area contributed by atoms with Crippen LogP contribution in [-0.2, 0) is 4.79 Å². The molecule has 5 nitrogen and oxygen atoms in total. The van der Waals surface area contributed by atoms with Gasteiger partial charge in [0.15, 0.2) is 0 Å². The van der Waals surface area contributed by atoms with E-state index in [2.05, 4.69) is 5.32 Å². The van der Waals surface area contributed by atoms with Crippen molar-refractivity contribution in [2.45, 2.75) is 38.3 Å². The van der Waals surface area contributed by atoms with Gasteiger partial charge < -0.3 is 10.4 Å². The number of amides is 3. The van der Waals surface area contributed by atoms with Crippen LogP contribution in [0.2, 0.25) is 0 Å². The summed E-state index contributed by atoms with van der Waals surface area (Å²) in [6, 6.07) is 5.23. The zero-order valence-electron chi connectivity index (χ0n) is 12.1. The molecular formula is C15H19FN2O3. The Kier molecular flexibility index (Phi) is 4.27. The molecule has 2 rings (SSSR count). The summed E-state index contributed by atoms with van der Waals surface area (Å²) in [5, 5.41) is 12.8. The van der Waals surface area contributed by atoms with E-state index in [-0.39, 0.29) is 18.0 Å². The summed E-state index contributed by atoms with van der Waals surface area (Å²) in [7, 11) is 0. The predicted octanol–water partition coefficient (Wildman–Crippen LogP) is 1.97. The zero-order valence-corrected chi connectivity index (χ0v) is 12.1. The summed E-state index contributed by atoms with van der Waals surface area (Å²) in [5.74, 6) is -0.929. The minimum atomic E-state index is -1.24. The number of carbonyl (C=O) groups excluding carboxylic acids is 2. The molecule has 3 amide bonds. The molecule has 0 aromatic heterocycles. The molecule has 21 heavy (non-hydrogen) atoms. The van der Waals surface area contributed by atoms with Gasteiger partial charge in [-0.2, -0.15) is 0 Å². The van der Waals surface area contributed by atoms with Crippen molar-refractivity contribution < 1.29 is 19.1 Å². The molecule has 0 radical (unpaired) electrons. The topological polar surface area (TPSA) is 69.6 Å². The van der Waals surface area contributed by atoms with Crippen molar-refractivity contribution in [2.75, 3.05) is 6.54 Å². The van der Waals surface area contributed by atoms with Gasteiger partial charge in [0.05, 0.1) is 12.6 Å². The Bertz CT molecular complexity index is 558. The van der Waals surface area contributed by atoms with Gasteiger partial charge in [0.25, 0.3) is 5.91 Å². The standard InChI is InChI=1S/C15H19FN2O3/c1-3-15(4-2)13(20)18(14(21)17-15)9-12(19)10-7-5-6-8-11(10)16/h5-8,12,19H,3-4,9H2,1-2H3,(H,17,21). The van der Waals surface area contributed by atoms with E-state index in [1.807, 2.05) is 13.8 Å². The van der Waals surface area contributed by atoms with Crippen LogP contribution in [0.5, 0.6) is 0 Å². The summed E-state index contributed by atoms with van der Waals surface area (Å²) in [4.78, 5) is 25.3. The van der Waals surface area contributed by atoms with Gasteiger partial charge in [-0.1, -0.05) is 32.0 Å². The number of rotatable bonds is 5. The number of hydrogen-bond acceptors (Lipinski definition) is 3. The molecule has 1 heterocycles. The molecule has 6 heteroatoms. The Morgan fingerprint density at radius 1 is 1.29 bits per heavy atom. The van der Waals surface area contributed by atoms with Crippen LogP contribution in [-0.4, -0.2) is 34.0 Å². The van der Waals surface area contributed by atoms with Gasteiger partial charge in [0.1, 0.15) is 11.4 Å². The SMILES string of the molecule is CCC1(CC)NC(=O)N(CC(O)c2ccccc2F)C1=O. The van der Waals surface area contributed by atoms with Crippen molar-refractivity contribution in [1.82, 2.24) is 10.2 Å². The van der Waals surface area contributed by atoms with Gasteiger partial charge >= 0.3 is 6.03 Å². The fraction of sp³-hybridized carbons (Fsp3) is 0.467. The number of aliphatic hydroxyl groups excluding tert-OH is 1. The lowest BCUT2D eigenvalue weighted by Crippen LogP contribution is -2.46. The maximum atomic E-state index is 13.6. The average Bonchev–Trinajstić information content (AvgIpc) is 2.72. The second kappa shape index (κ2) is 5.81. The summed E-state index contributed by atoms with van der Waals surface area (Å²) in [6.07, 6.45) is -0.300. The highest BCUT2D eigenvalue weighted by atomic mass is 19.1. The third kappa shape index (κ3) is 2.63. The molecule has 2 N–H and O–H groups in total. The summed E-state index contributed by atoms with van der Waals surface area (Å²) in [5.41, 5.74) is -0.838. The van der Waals surface area contributed by atoms with Crippen molar-refractivity contribution in [2.24, 2.45) is 0 Å². The number of halogens is 1. The summed E-state index contributed by atoms with van der Waals surface area (Å²) >= 11 is 0. The molecule has 0 bridgehead atoms. The number of carbonyl (C=O) groups is 2. The minimum Gasteiger partial charge on any atom is -0.386 e. The van der Waals surface area contributed by atoms with Crippen LogP contribution in [0.3, 0.4) is 0 Å². The van der Waals surface area contributed by atoms with Gasteiger partial charge in [0, 0.05) is 5.56 Å². The lowest BCUT2D eigenvalue weighted by Gasteiger charge is -2.24. The molecule has 1 atom stereocenters. The van der Waals surface area contributed by atoms with Crippen LogP contribution < -0.4 is 5.32 Å². The molecule has 1 fully saturated rings. The third-order valence-corrected chi connectivity index (χ3v) is 4.07. The number of β-amino-alcohol motifs (C(OH)–C–C–N with tert-alkyl or cyclic N) is 1. The normalized spacial score (nSPS) is 18.8. The van der Waals surface area contributed by atoms with Crippen molar-refractivity contribution in [3.8, 4) is 0 Å². The number of benzene rings is 1. The van der Waals surface area contributed by atoms with Gasteiger partial charge in [-0.3, -0.25) is 9.69 Å². The lowest BCUT2D eigenvalue weighted by atomic mass is 9.93. The molecule has 0 saturated carbocycles. The first-order chi connectivity index (χ1) is 9.95. The van der Waals surface area contributed by atoms with Gasteiger partial charge in [-0.05, 0) is 18.9 Å². The van der Waals surface area contributed by atoms with E-state index in [9.17, 15) is 19.1 Å². The molecule has 1 saturated heterocycles. The molecule has 1 aliphatic rings. The molecule has 0 spiro atoms. The number of aliphatic hydroxyl groups is 1. The van der Waals surface area contributed by atoms with Gasteiger partial charge in [0.2, 0.25) is 0 Å². The largest absolute Gasteiger partial charge is 0.386 e.